The number of hydrogen-bond donors (Lipinski definition) is 1. The molecule has 1 amide bonds. The van der Waals surface area contributed by atoms with Crippen LogP contribution in [0.4, 0.5) is 13.2 Å². The SMILES string of the molecule is O=C(COC(=O)C=Cc1cccc(C(F)(F)F)c1)NC1CCCC1. The Balaban J connectivity index is 1.81. The second-order valence-electron chi connectivity index (χ2n) is 5.61. The minimum absolute atomic E-state index is 0.136. The molecular weight excluding hydrogens is 323 g/mol. The van der Waals surface area contributed by atoms with E-state index in [-0.39, 0.29) is 17.5 Å². The number of esters is 1. The van der Waals surface area contributed by atoms with Crippen molar-refractivity contribution in [2.24, 2.45) is 0 Å². The summed E-state index contributed by atoms with van der Waals surface area (Å²) in [5.74, 6) is -1.16. The van der Waals surface area contributed by atoms with Crippen molar-refractivity contribution in [2.75, 3.05) is 6.61 Å². The number of alkyl halides is 3. The van der Waals surface area contributed by atoms with Gasteiger partial charge in [-0.15, -0.1) is 0 Å². The van der Waals surface area contributed by atoms with Crippen LogP contribution >= 0.6 is 0 Å². The van der Waals surface area contributed by atoms with Crippen LogP contribution in [0.15, 0.2) is 30.3 Å². The first-order valence-electron chi connectivity index (χ1n) is 7.66. The van der Waals surface area contributed by atoms with Gasteiger partial charge in [0.25, 0.3) is 5.91 Å². The molecule has 1 saturated carbocycles. The van der Waals surface area contributed by atoms with E-state index in [4.69, 9.17) is 4.74 Å². The lowest BCUT2D eigenvalue weighted by atomic mass is 10.1. The van der Waals surface area contributed by atoms with Gasteiger partial charge in [0.2, 0.25) is 0 Å². The maximum Gasteiger partial charge on any atom is 0.416 e. The smallest absolute Gasteiger partial charge is 0.416 e. The molecule has 0 radical (unpaired) electrons. The summed E-state index contributed by atoms with van der Waals surface area (Å²) in [5.41, 5.74) is -0.578. The second kappa shape index (κ2) is 7.99. The molecule has 24 heavy (non-hydrogen) atoms. The van der Waals surface area contributed by atoms with Crippen molar-refractivity contribution in [2.45, 2.75) is 37.9 Å². The number of nitrogens with one attached hydrogen (secondary N) is 1. The molecule has 1 aromatic carbocycles. The third-order valence-electron chi connectivity index (χ3n) is 3.69. The van der Waals surface area contributed by atoms with Gasteiger partial charge in [-0.05, 0) is 36.6 Å². The van der Waals surface area contributed by atoms with Gasteiger partial charge < -0.3 is 10.1 Å². The van der Waals surface area contributed by atoms with E-state index in [0.717, 1.165) is 43.9 Å². The third-order valence-corrected chi connectivity index (χ3v) is 3.69. The molecule has 7 heteroatoms. The van der Waals surface area contributed by atoms with Crippen LogP contribution in [-0.4, -0.2) is 24.5 Å². The number of hydrogen-bond acceptors (Lipinski definition) is 3. The number of rotatable bonds is 5. The fourth-order valence-electron chi connectivity index (χ4n) is 2.51. The molecule has 1 aliphatic rings. The molecule has 0 atom stereocenters. The average molecular weight is 341 g/mol. The largest absolute Gasteiger partial charge is 0.452 e. The number of carbonyl (C=O) groups is 2. The van der Waals surface area contributed by atoms with E-state index >= 15 is 0 Å². The molecule has 1 N–H and O–H groups in total. The van der Waals surface area contributed by atoms with Gasteiger partial charge in [-0.2, -0.15) is 13.2 Å². The Hall–Kier alpha value is -2.31. The molecule has 0 spiro atoms. The monoisotopic (exact) mass is 341 g/mol. The van der Waals surface area contributed by atoms with E-state index < -0.39 is 24.3 Å². The first kappa shape index (κ1) is 18.0. The van der Waals surface area contributed by atoms with Gasteiger partial charge in [-0.1, -0.05) is 25.0 Å². The zero-order chi connectivity index (χ0) is 17.6. The molecule has 0 aromatic heterocycles. The van der Waals surface area contributed by atoms with E-state index in [9.17, 15) is 22.8 Å². The fraction of sp³-hybridized carbons (Fsp3) is 0.412. The highest BCUT2D eigenvalue weighted by Crippen LogP contribution is 2.29. The zero-order valence-corrected chi connectivity index (χ0v) is 12.9. The predicted octanol–water partition coefficient (Wildman–Crippen LogP) is 3.32. The highest BCUT2D eigenvalue weighted by atomic mass is 19.4. The minimum atomic E-state index is -4.44. The maximum absolute atomic E-state index is 12.6. The van der Waals surface area contributed by atoms with Gasteiger partial charge in [0.1, 0.15) is 0 Å². The quantitative estimate of drug-likeness (QED) is 0.660. The van der Waals surface area contributed by atoms with Crippen molar-refractivity contribution in [3.63, 3.8) is 0 Å². The fourth-order valence-corrected chi connectivity index (χ4v) is 2.51. The Morgan fingerprint density at radius 1 is 1.25 bits per heavy atom. The first-order valence-corrected chi connectivity index (χ1v) is 7.66. The van der Waals surface area contributed by atoms with Gasteiger partial charge in [-0.25, -0.2) is 4.79 Å². The van der Waals surface area contributed by atoms with Crippen molar-refractivity contribution in [3.8, 4) is 0 Å². The van der Waals surface area contributed by atoms with Gasteiger partial charge in [0.15, 0.2) is 6.61 Å². The van der Waals surface area contributed by atoms with Crippen LogP contribution in [0.25, 0.3) is 6.08 Å². The summed E-state index contributed by atoms with van der Waals surface area (Å²) < 4.78 is 42.5. The summed E-state index contributed by atoms with van der Waals surface area (Å²) in [5, 5.41) is 2.77. The average Bonchev–Trinajstić information content (AvgIpc) is 3.03. The van der Waals surface area contributed by atoms with Crippen molar-refractivity contribution >= 4 is 18.0 Å². The summed E-state index contributed by atoms with van der Waals surface area (Å²) >= 11 is 0. The topological polar surface area (TPSA) is 55.4 Å². The standard InChI is InChI=1S/C17H18F3NO3/c18-17(19,20)13-5-3-4-12(10-13)8-9-16(23)24-11-15(22)21-14-6-1-2-7-14/h3-5,8-10,14H,1-2,6-7,11H2,(H,21,22). The highest BCUT2D eigenvalue weighted by molar-refractivity contribution is 5.89. The van der Waals surface area contributed by atoms with Crippen LogP contribution < -0.4 is 5.32 Å². The van der Waals surface area contributed by atoms with Crippen LogP contribution in [0, 0.1) is 0 Å². The number of halogens is 3. The molecular formula is C17H18F3NO3. The van der Waals surface area contributed by atoms with Gasteiger partial charge in [-0.3, -0.25) is 4.79 Å². The molecule has 0 bridgehead atoms. The van der Waals surface area contributed by atoms with Gasteiger partial charge in [0.05, 0.1) is 5.56 Å². The van der Waals surface area contributed by atoms with Crippen LogP contribution in [0.3, 0.4) is 0 Å². The lowest BCUT2D eigenvalue weighted by molar-refractivity contribution is -0.144. The highest BCUT2D eigenvalue weighted by Gasteiger charge is 2.30. The Kier molecular flexibility index (Phi) is 6.00. The number of ether oxygens (including phenoxy) is 1. The summed E-state index contributed by atoms with van der Waals surface area (Å²) in [7, 11) is 0. The number of benzene rings is 1. The Morgan fingerprint density at radius 2 is 1.96 bits per heavy atom. The molecule has 1 aliphatic carbocycles. The maximum atomic E-state index is 12.6. The van der Waals surface area contributed by atoms with Gasteiger partial charge >= 0.3 is 12.1 Å². The Labute approximate surface area is 137 Å². The van der Waals surface area contributed by atoms with E-state index in [2.05, 4.69) is 5.32 Å². The summed E-state index contributed by atoms with van der Waals surface area (Å²) in [6.45, 7) is -0.401. The number of carbonyl (C=O) groups excluding carboxylic acids is 2. The van der Waals surface area contributed by atoms with E-state index in [1.807, 2.05) is 0 Å². The Morgan fingerprint density at radius 3 is 2.62 bits per heavy atom. The molecule has 130 valence electrons. The zero-order valence-electron chi connectivity index (χ0n) is 12.9. The van der Waals surface area contributed by atoms with Crippen LogP contribution in [0.5, 0.6) is 0 Å². The molecule has 0 unspecified atom stereocenters. The minimum Gasteiger partial charge on any atom is -0.452 e. The molecule has 2 rings (SSSR count). The van der Waals surface area contributed by atoms with Crippen molar-refractivity contribution < 1.29 is 27.5 Å². The molecule has 4 nitrogen and oxygen atoms in total. The predicted molar refractivity (Wildman–Crippen MR) is 81.8 cm³/mol. The summed E-state index contributed by atoms with van der Waals surface area (Å²) in [6.07, 6.45) is 1.77. The molecule has 1 aromatic rings. The van der Waals surface area contributed by atoms with E-state index in [1.54, 1.807) is 0 Å². The molecule has 0 heterocycles. The second-order valence-corrected chi connectivity index (χ2v) is 5.61. The first-order chi connectivity index (χ1) is 11.3. The van der Waals surface area contributed by atoms with Crippen molar-refractivity contribution in [1.82, 2.24) is 5.32 Å². The normalized spacial score (nSPS) is 15.6. The molecule has 0 saturated heterocycles. The summed E-state index contributed by atoms with van der Waals surface area (Å²) in [4.78, 5) is 23.1. The lowest BCUT2D eigenvalue weighted by Gasteiger charge is -2.11. The molecule has 1 fully saturated rings. The van der Waals surface area contributed by atoms with E-state index in [0.29, 0.717) is 0 Å². The summed E-state index contributed by atoms with van der Waals surface area (Å²) in [6, 6.07) is 4.70. The lowest BCUT2D eigenvalue weighted by Crippen LogP contribution is -2.35. The Bertz CT molecular complexity index is 620. The third kappa shape index (κ3) is 5.72. The van der Waals surface area contributed by atoms with Crippen LogP contribution in [0.1, 0.15) is 36.8 Å². The molecule has 0 aliphatic heterocycles. The van der Waals surface area contributed by atoms with Crippen LogP contribution in [0.2, 0.25) is 0 Å². The van der Waals surface area contributed by atoms with E-state index in [1.165, 1.54) is 18.2 Å². The number of amides is 1. The van der Waals surface area contributed by atoms with Gasteiger partial charge in [0, 0.05) is 12.1 Å². The van der Waals surface area contributed by atoms with Crippen molar-refractivity contribution in [1.29, 1.82) is 0 Å². The van der Waals surface area contributed by atoms with Crippen molar-refractivity contribution in [3.05, 3.63) is 41.5 Å². The van der Waals surface area contributed by atoms with Crippen LogP contribution in [-0.2, 0) is 20.5 Å².